The predicted molar refractivity (Wildman–Crippen MR) is 78.1 cm³/mol. The molecule has 0 unspecified atom stereocenters. The maximum absolute atomic E-state index is 5.58. The van der Waals surface area contributed by atoms with E-state index in [1.165, 1.54) is 0 Å². The summed E-state index contributed by atoms with van der Waals surface area (Å²) in [6.45, 7) is 6.48. The van der Waals surface area contributed by atoms with Gasteiger partial charge in [0.2, 0.25) is 0 Å². The predicted octanol–water partition coefficient (Wildman–Crippen LogP) is 2.76. The maximum atomic E-state index is 5.58. The Balaban J connectivity index is 2.17. The van der Waals surface area contributed by atoms with E-state index < -0.39 is 0 Å². The van der Waals surface area contributed by atoms with Crippen molar-refractivity contribution < 1.29 is 9.47 Å². The molecule has 0 aliphatic heterocycles. The number of hydrogen-bond donors (Lipinski definition) is 1. The van der Waals surface area contributed by atoms with Gasteiger partial charge in [0.15, 0.2) is 0 Å². The standard InChI is InChI=1S/C14H21NO2S/c1-11(2)10-16-8-3-9-17-13-6-4-12(5-7-13)14(15)18/h4-7,11H,3,8-10H2,1-2H3,(H2,15,18). The van der Waals surface area contributed by atoms with Crippen molar-refractivity contribution in [2.75, 3.05) is 19.8 Å². The van der Waals surface area contributed by atoms with E-state index in [0.717, 1.165) is 30.9 Å². The largest absolute Gasteiger partial charge is 0.494 e. The first-order chi connectivity index (χ1) is 8.59. The topological polar surface area (TPSA) is 44.5 Å². The summed E-state index contributed by atoms with van der Waals surface area (Å²) < 4.78 is 11.1. The molecule has 0 fully saturated rings. The van der Waals surface area contributed by atoms with Crippen LogP contribution in [0.3, 0.4) is 0 Å². The van der Waals surface area contributed by atoms with Gasteiger partial charge in [-0.1, -0.05) is 26.1 Å². The number of thiocarbonyl (C=S) groups is 1. The Hall–Kier alpha value is -1.13. The fourth-order valence-electron chi connectivity index (χ4n) is 1.39. The highest BCUT2D eigenvalue weighted by atomic mass is 32.1. The van der Waals surface area contributed by atoms with Crippen LogP contribution < -0.4 is 10.5 Å². The first kappa shape index (κ1) is 14.9. The van der Waals surface area contributed by atoms with Crippen LogP contribution >= 0.6 is 12.2 Å². The minimum Gasteiger partial charge on any atom is -0.494 e. The molecule has 4 heteroatoms. The second kappa shape index (κ2) is 8.06. The molecule has 18 heavy (non-hydrogen) atoms. The average molecular weight is 267 g/mol. The summed E-state index contributed by atoms with van der Waals surface area (Å²) in [4.78, 5) is 0.406. The van der Waals surface area contributed by atoms with Crippen molar-refractivity contribution in [1.29, 1.82) is 0 Å². The monoisotopic (exact) mass is 267 g/mol. The number of benzene rings is 1. The third kappa shape index (κ3) is 5.98. The fraction of sp³-hybridized carbons (Fsp3) is 0.500. The Bertz CT molecular complexity index is 363. The SMILES string of the molecule is CC(C)COCCCOc1ccc(C(N)=S)cc1. The van der Waals surface area contributed by atoms with E-state index >= 15 is 0 Å². The van der Waals surface area contributed by atoms with Crippen LogP contribution in [-0.2, 0) is 4.74 Å². The van der Waals surface area contributed by atoms with Crippen molar-refractivity contribution in [3.63, 3.8) is 0 Å². The van der Waals surface area contributed by atoms with Gasteiger partial charge in [-0.15, -0.1) is 0 Å². The van der Waals surface area contributed by atoms with Crippen molar-refractivity contribution >= 4 is 17.2 Å². The molecule has 0 spiro atoms. The summed E-state index contributed by atoms with van der Waals surface area (Å²) in [5, 5.41) is 0. The van der Waals surface area contributed by atoms with Crippen LogP contribution in [0.1, 0.15) is 25.8 Å². The summed E-state index contributed by atoms with van der Waals surface area (Å²) in [6.07, 6.45) is 0.893. The van der Waals surface area contributed by atoms with Crippen molar-refractivity contribution in [3.05, 3.63) is 29.8 Å². The number of hydrogen-bond acceptors (Lipinski definition) is 3. The van der Waals surface area contributed by atoms with Gasteiger partial charge in [-0.25, -0.2) is 0 Å². The van der Waals surface area contributed by atoms with Gasteiger partial charge >= 0.3 is 0 Å². The molecule has 0 aromatic heterocycles. The van der Waals surface area contributed by atoms with Crippen molar-refractivity contribution in [1.82, 2.24) is 0 Å². The second-order valence-corrected chi connectivity index (χ2v) is 5.00. The highest BCUT2D eigenvalue weighted by Gasteiger charge is 1.98. The lowest BCUT2D eigenvalue weighted by Gasteiger charge is -2.08. The Labute approximate surface area is 114 Å². The van der Waals surface area contributed by atoms with Crippen LogP contribution in [0.5, 0.6) is 5.75 Å². The molecular formula is C14H21NO2S. The molecule has 1 aromatic carbocycles. The van der Waals surface area contributed by atoms with E-state index in [4.69, 9.17) is 27.4 Å². The summed E-state index contributed by atoms with van der Waals surface area (Å²) >= 11 is 4.88. The molecule has 3 nitrogen and oxygen atoms in total. The van der Waals surface area contributed by atoms with Gasteiger partial charge in [0.05, 0.1) is 6.61 Å². The van der Waals surface area contributed by atoms with Crippen LogP contribution in [0.25, 0.3) is 0 Å². The van der Waals surface area contributed by atoms with Gasteiger partial charge in [-0.2, -0.15) is 0 Å². The average Bonchev–Trinajstić information content (AvgIpc) is 2.34. The molecule has 0 amide bonds. The van der Waals surface area contributed by atoms with Gasteiger partial charge < -0.3 is 15.2 Å². The highest BCUT2D eigenvalue weighted by Crippen LogP contribution is 2.12. The quantitative estimate of drug-likeness (QED) is 0.581. The second-order valence-electron chi connectivity index (χ2n) is 4.56. The zero-order valence-corrected chi connectivity index (χ0v) is 11.8. The smallest absolute Gasteiger partial charge is 0.119 e. The Kier molecular flexibility index (Phi) is 6.68. The first-order valence-corrected chi connectivity index (χ1v) is 6.61. The van der Waals surface area contributed by atoms with Crippen molar-refractivity contribution in [3.8, 4) is 5.75 Å². The van der Waals surface area contributed by atoms with E-state index in [9.17, 15) is 0 Å². The highest BCUT2D eigenvalue weighted by molar-refractivity contribution is 7.80. The minimum atomic E-state index is 0.406. The first-order valence-electron chi connectivity index (χ1n) is 6.20. The Morgan fingerprint density at radius 1 is 1.22 bits per heavy atom. The Morgan fingerprint density at radius 3 is 2.44 bits per heavy atom. The lowest BCUT2D eigenvalue weighted by Crippen LogP contribution is -2.09. The van der Waals surface area contributed by atoms with Crippen molar-refractivity contribution in [2.24, 2.45) is 11.7 Å². The normalized spacial score (nSPS) is 10.6. The van der Waals surface area contributed by atoms with Crippen LogP contribution in [0, 0.1) is 5.92 Å². The molecule has 2 N–H and O–H groups in total. The summed E-state index contributed by atoms with van der Waals surface area (Å²) in [5.41, 5.74) is 6.38. The van der Waals surface area contributed by atoms with Gasteiger partial charge in [-0.3, -0.25) is 0 Å². The van der Waals surface area contributed by atoms with Gasteiger partial charge in [-0.05, 0) is 30.2 Å². The molecular weight excluding hydrogens is 246 g/mol. The molecule has 0 saturated carbocycles. The fourth-order valence-corrected chi connectivity index (χ4v) is 1.52. The lowest BCUT2D eigenvalue weighted by molar-refractivity contribution is 0.0981. The van der Waals surface area contributed by atoms with E-state index in [1.54, 1.807) is 0 Å². The molecule has 0 radical (unpaired) electrons. The third-order valence-corrected chi connectivity index (χ3v) is 2.53. The zero-order chi connectivity index (χ0) is 13.4. The maximum Gasteiger partial charge on any atom is 0.119 e. The molecule has 0 aliphatic rings. The molecule has 0 aliphatic carbocycles. The number of rotatable bonds is 8. The molecule has 0 saturated heterocycles. The number of ether oxygens (including phenoxy) is 2. The molecule has 0 bridgehead atoms. The molecule has 0 heterocycles. The lowest BCUT2D eigenvalue weighted by atomic mass is 10.2. The third-order valence-electron chi connectivity index (χ3n) is 2.29. The van der Waals surface area contributed by atoms with Crippen LogP contribution in [0.4, 0.5) is 0 Å². The van der Waals surface area contributed by atoms with E-state index in [-0.39, 0.29) is 0 Å². The van der Waals surface area contributed by atoms with Crippen LogP contribution in [0.15, 0.2) is 24.3 Å². The number of nitrogens with two attached hydrogens (primary N) is 1. The molecule has 1 rings (SSSR count). The van der Waals surface area contributed by atoms with Gasteiger partial charge in [0.1, 0.15) is 10.7 Å². The molecule has 1 aromatic rings. The van der Waals surface area contributed by atoms with Gasteiger partial charge in [0.25, 0.3) is 0 Å². The van der Waals surface area contributed by atoms with Gasteiger partial charge in [0, 0.05) is 25.2 Å². The van der Waals surface area contributed by atoms with Crippen molar-refractivity contribution in [2.45, 2.75) is 20.3 Å². The summed E-state index contributed by atoms with van der Waals surface area (Å²) in [5.74, 6) is 1.41. The Morgan fingerprint density at radius 2 is 1.89 bits per heavy atom. The molecule has 100 valence electrons. The molecule has 0 atom stereocenters. The van der Waals surface area contributed by atoms with Crippen LogP contribution in [-0.4, -0.2) is 24.8 Å². The van der Waals surface area contributed by atoms with E-state index in [1.807, 2.05) is 24.3 Å². The minimum absolute atomic E-state index is 0.406. The summed E-state index contributed by atoms with van der Waals surface area (Å²) in [7, 11) is 0. The zero-order valence-electron chi connectivity index (χ0n) is 11.0. The summed E-state index contributed by atoms with van der Waals surface area (Å²) in [6, 6.07) is 7.49. The van der Waals surface area contributed by atoms with E-state index in [0.29, 0.717) is 17.5 Å². The van der Waals surface area contributed by atoms with Crippen LogP contribution in [0.2, 0.25) is 0 Å². The van der Waals surface area contributed by atoms with E-state index in [2.05, 4.69) is 13.8 Å².